The van der Waals surface area contributed by atoms with Crippen molar-refractivity contribution in [3.05, 3.63) is 34.4 Å². The number of hydrogen-bond acceptors (Lipinski definition) is 1. The lowest BCUT2D eigenvalue weighted by Crippen LogP contribution is -2.18. The third-order valence-corrected chi connectivity index (χ3v) is 2.36. The van der Waals surface area contributed by atoms with Crippen molar-refractivity contribution in [3.63, 3.8) is 0 Å². The normalized spacial score (nSPS) is 20.8. The van der Waals surface area contributed by atoms with Crippen molar-refractivity contribution in [2.45, 2.75) is 26.4 Å². The summed E-state index contributed by atoms with van der Waals surface area (Å²) in [6.45, 7) is 4.16. The van der Waals surface area contributed by atoms with Crippen molar-refractivity contribution in [2.75, 3.05) is 0 Å². The molecule has 0 saturated heterocycles. The molecular weight excluding hydrogens is 136 g/mol. The molecule has 0 heterocycles. The van der Waals surface area contributed by atoms with Crippen LogP contribution in [-0.4, -0.2) is 5.11 Å². The Labute approximate surface area is 66.7 Å². The van der Waals surface area contributed by atoms with Gasteiger partial charge in [0, 0.05) is 6.42 Å². The van der Waals surface area contributed by atoms with Gasteiger partial charge in [-0.3, -0.25) is 0 Å². The first kappa shape index (κ1) is 6.86. The van der Waals surface area contributed by atoms with E-state index in [0.29, 0.717) is 0 Å². The maximum atomic E-state index is 9.37. The predicted molar refractivity (Wildman–Crippen MR) is 44.6 cm³/mol. The molecule has 1 aromatic carbocycles. The maximum absolute atomic E-state index is 9.37. The summed E-state index contributed by atoms with van der Waals surface area (Å²) >= 11 is 0. The quantitative estimate of drug-likeness (QED) is 0.595. The number of aryl methyl sites for hydroxylation is 2. The van der Waals surface area contributed by atoms with Crippen LogP contribution in [0.25, 0.3) is 0 Å². The zero-order valence-corrected chi connectivity index (χ0v) is 6.89. The largest absolute Gasteiger partial charge is 0.388 e. The molecule has 0 aliphatic heterocycles. The van der Waals surface area contributed by atoms with E-state index in [1.54, 1.807) is 0 Å². The molecule has 11 heavy (non-hydrogen) atoms. The highest BCUT2D eigenvalue weighted by Gasteiger charge is 2.25. The van der Waals surface area contributed by atoms with Crippen LogP contribution in [0.4, 0.5) is 0 Å². The molecule has 1 atom stereocenters. The fraction of sp³-hybridized carbons (Fsp3) is 0.400. The second kappa shape index (κ2) is 2.08. The summed E-state index contributed by atoms with van der Waals surface area (Å²) in [6.07, 6.45) is 0.656. The van der Waals surface area contributed by atoms with E-state index in [9.17, 15) is 5.11 Å². The summed E-state index contributed by atoms with van der Waals surface area (Å²) in [4.78, 5) is 0. The fourth-order valence-corrected chi connectivity index (χ4v) is 1.89. The lowest BCUT2D eigenvalue weighted by atomic mass is 9.81. The molecule has 1 unspecified atom stereocenters. The van der Waals surface area contributed by atoms with Crippen LogP contribution in [0, 0.1) is 13.8 Å². The van der Waals surface area contributed by atoms with E-state index in [1.165, 1.54) is 16.7 Å². The van der Waals surface area contributed by atoms with Crippen molar-refractivity contribution in [2.24, 2.45) is 0 Å². The van der Waals surface area contributed by atoms with Crippen molar-refractivity contribution in [1.29, 1.82) is 0 Å². The molecule has 0 saturated carbocycles. The summed E-state index contributed by atoms with van der Waals surface area (Å²) in [5, 5.41) is 9.37. The fourth-order valence-electron chi connectivity index (χ4n) is 1.89. The Morgan fingerprint density at radius 2 is 2.09 bits per heavy atom. The van der Waals surface area contributed by atoms with Gasteiger partial charge < -0.3 is 5.11 Å². The lowest BCUT2D eigenvalue weighted by molar-refractivity contribution is 0.153. The van der Waals surface area contributed by atoms with Crippen molar-refractivity contribution in [1.82, 2.24) is 0 Å². The van der Waals surface area contributed by atoms with Gasteiger partial charge in [0.2, 0.25) is 0 Å². The van der Waals surface area contributed by atoms with E-state index in [1.807, 2.05) is 0 Å². The summed E-state index contributed by atoms with van der Waals surface area (Å²) < 4.78 is 0. The van der Waals surface area contributed by atoms with Crippen LogP contribution < -0.4 is 0 Å². The van der Waals surface area contributed by atoms with Crippen molar-refractivity contribution in [3.8, 4) is 0 Å². The summed E-state index contributed by atoms with van der Waals surface area (Å²) in [6, 6.07) is 4.29. The lowest BCUT2D eigenvalue weighted by Gasteiger charge is -2.28. The van der Waals surface area contributed by atoms with Gasteiger partial charge in [0.05, 0.1) is 6.10 Å². The van der Waals surface area contributed by atoms with Crippen LogP contribution in [0.5, 0.6) is 0 Å². The van der Waals surface area contributed by atoms with Crippen molar-refractivity contribution < 1.29 is 5.11 Å². The van der Waals surface area contributed by atoms with Gasteiger partial charge in [-0.15, -0.1) is 0 Å². The van der Waals surface area contributed by atoms with Crippen LogP contribution >= 0.6 is 0 Å². The number of rotatable bonds is 0. The highest BCUT2D eigenvalue weighted by molar-refractivity contribution is 5.46. The Bertz CT molecular complexity index is 285. The Balaban J connectivity index is 2.58. The molecule has 0 bridgehead atoms. The first-order valence-electron chi connectivity index (χ1n) is 3.96. The third-order valence-electron chi connectivity index (χ3n) is 2.36. The molecule has 0 aromatic heterocycles. The van der Waals surface area contributed by atoms with Gasteiger partial charge in [-0.05, 0) is 30.5 Å². The molecule has 1 aromatic rings. The molecule has 1 aliphatic carbocycles. The number of hydrogen-bond donors (Lipinski definition) is 1. The molecule has 0 radical (unpaired) electrons. The number of fused-ring (bicyclic) bond motifs is 1. The summed E-state index contributed by atoms with van der Waals surface area (Å²) in [5.74, 6) is 0. The Morgan fingerprint density at radius 1 is 1.36 bits per heavy atom. The minimum Gasteiger partial charge on any atom is -0.388 e. The average molecular weight is 148 g/mol. The molecule has 1 N–H and O–H groups in total. The highest BCUT2D eigenvalue weighted by atomic mass is 16.3. The van der Waals surface area contributed by atoms with Gasteiger partial charge in [0.25, 0.3) is 0 Å². The standard InChI is InChI=1S/C10H12O/c1-6-3-7(2)10-8(4-6)5-9(10)11/h3-4,9,11H,5H2,1-2H3. The monoisotopic (exact) mass is 148 g/mol. The van der Waals surface area contributed by atoms with E-state index >= 15 is 0 Å². The SMILES string of the molecule is Cc1cc(C)c2c(c1)CC2O. The minimum absolute atomic E-state index is 0.189. The highest BCUT2D eigenvalue weighted by Crippen LogP contribution is 2.35. The van der Waals surface area contributed by atoms with Crippen molar-refractivity contribution >= 4 is 0 Å². The Kier molecular flexibility index (Phi) is 1.30. The second-order valence-corrected chi connectivity index (χ2v) is 3.37. The van der Waals surface area contributed by atoms with Gasteiger partial charge >= 0.3 is 0 Å². The smallest absolute Gasteiger partial charge is 0.0835 e. The van der Waals surface area contributed by atoms with Crippen LogP contribution in [0.15, 0.2) is 12.1 Å². The zero-order chi connectivity index (χ0) is 8.01. The van der Waals surface area contributed by atoms with Gasteiger partial charge in [0.15, 0.2) is 0 Å². The minimum atomic E-state index is -0.189. The van der Waals surface area contributed by atoms with E-state index in [2.05, 4.69) is 26.0 Å². The number of aliphatic hydroxyl groups is 1. The molecule has 0 fully saturated rings. The number of benzene rings is 1. The Hall–Kier alpha value is -0.820. The zero-order valence-electron chi connectivity index (χ0n) is 6.89. The molecule has 0 spiro atoms. The van der Waals surface area contributed by atoms with E-state index in [-0.39, 0.29) is 6.10 Å². The molecule has 1 aliphatic rings. The second-order valence-electron chi connectivity index (χ2n) is 3.37. The van der Waals surface area contributed by atoms with Crippen LogP contribution in [0.1, 0.15) is 28.4 Å². The molecule has 2 rings (SSSR count). The topological polar surface area (TPSA) is 20.2 Å². The van der Waals surface area contributed by atoms with Gasteiger partial charge in [-0.1, -0.05) is 17.7 Å². The summed E-state index contributed by atoms with van der Waals surface area (Å²) in [5.41, 5.74) is 5.03. The van der Waals surface area contributed by atoms with Gasteiger partial charge in [-0.25, -0.2) is 0 Å². The van der Waals surface area contributed by atoms with Gasteiger partial charge in [-0.2, -0.15) is 0 Å². The molecular formula is C10H12O. The third kappa shape index (κ3) is 0.881. The van der Waals surface area contributed by atoms with E-state index in [0.717, 1.165) is 12.0 Å². The maximum Gasteiger partial charge on any atom is 0.0835 e. The Morgan fingerprint density at radius 3 is 2.64 bits per heavy atom. The first-order chi connectivity index (χ1) is 5.18. The number of aliphatic hydroxyl groups excluding tert-OH is 1. The summed E-state index contributed by atoms with van der Waals surface area (Å²) in [7, 11) is 0. The van der Waals surface area contributed by atoms with E-state index < -0.39 is 0 Å². The first-order valence-corrected chi connectivity index (χ1v) is 3.96. The molecule has 58 valence electrons. The molecule has 1 nitrogen and oxygen atoms in total. The molecule has 1 heteroatoms. The average Bonchev–Trinajstić information content (AvgIpc) is 1.83. The van der Waals surface area contributed by atoms with Crippen LogP contribution in [0.3, 0.4) is 0 Å². The van der Waals surface area contributed by atoms with Crippen LogP contribution in [-0.2, 0) is 6.42 Å². The molecule has 0 amide bonds. The predicted octanol–water partition coefficient (Wildman–Crippen LogP) is 1.89. The van der Waals surface area contributed by atoms with Gasteiger partial charge in [0.1, 0.15) is 0 Å². The van der Waals surface area contributed by atoms with Crippen LogP contribution in [0.2, 0.25) is 0 Å². The van der Waals surface area contributed by atoms with E-state index in [4.69, 9.17) is 0 Å².